The van der Waals surface area contributed by atoms with E-state index in [0.717, 1.165) is 106 Å². The van der Waals surface area contributed by atoms with Crippen LogP contribution in [0.4, 0.5) is 33.2 Å². The van der Waals surface area contributed by atoms with Gasteiger partial charge < -0.3 is 80.3 Å². The number of H-pyrrole nitrogens is 2. The van der Waals surface area contributed by atoms with Gasteiger partial charge in [-0.3, -0.25) is 38.6 Å². The molecular weight excluding hydrogens is 1690 g/mol. The highest BCUT2D eigenvalue weighted by molar-refractivity contribution is 7.09. The van der Waals surface area contributed by atoms with Crippen molar-refractivity contribution in [1.82, 2.24) is 40.3 Å². The number of primary amides is 1. The predicted molar refractivity (Wildman–Crippen MR) is 520 cm³/mol. The summed E-state index contributed by atoms with van der Waals surface area (Å²) in [5.41, 5.74) is 17.0. The number of carbonyl (C=O) groups excluding carboxylic acids is 7. The first kappa shape index (κ1) is 97.4. The Morgan fingerprint density at radius 1 is 0.628 bits per heavy atom. The molecule has 0 spiro atoms. The first-order valence-corrected chi connectivity index (χ1v) is 47.0. The van der Waals surface area contributed by atoms with E-state index in [1.165, 1.54) is 11.3 Å². The third-order valence-electron chi connectivity index (χ3n) is 26.0. The van der Waals surface area contributed by atoms with E-state index in [0.29, 0.717) is 91.4 Å². The number of benzene rings is 7. The number of aromatic amines is 2. The third kappa shape index (κ3) is 20.7. The fourth-order valence-corrected chi connectivity index (χ4v) is 20.5. The summed E-state index contributed by atoms with van der Waals surface area (Å²) in [5, 5.41) is 22.4. The van der Waals surface area contributed by atoms with Crippen LogP contribution >= 0.6 is 34.5 Å². The maximum absolute atomic E-state index is 14.4. The summed E-state index contributed by atoms with van der Waals surface area (Å²) in [4.78, 5) is 118. The zero-order valence-electron chi connectivity index (χ0n) is 78.2. The highest BCUT2D eigenvalue weighted by atomic mass is 35.5. The summed E-state index contributed by atoms with van der Waals surface area (Å²) in [6.45, 7) is 28.5. The van der Waals surface area contributed by atoms with E-state index < -0.39 is 42.3 Å². The summed E-state index contributed by atoms with van der Waals surface area (Å²) in [7, 11) is 11.6. The van der Waals surface area contributed by atoms with Crippen molar-refractivity contribution in [3.63, 3.8) is 0 Å². The maximum Gasteiger partial charge on any atom is 0.319 e. The molecule has 10 aromatic rings. The van der Waals surface area contributed by atoms with Crippen LogP contribution in [-0.2, 0) is 41.5 Å². The van der Waals surface area contributed by atoms with Gasteiger partial charge >= 0.3 is 6.03 Å². The van der Waals surface area contributed by atoms with E-state index in [9.17, 15) is 33.6 Å². The number of thiazole rings is 1. The number of likely N-dealkylation sites (tertiary alicyclic amines) is 1. The number of nitrogens with one attached hydrogen (secondary N) is 6. The van der Waals surface area contributed by atoms with Crippen LogP contribution in [0.1, 0.15) is 182 Å². The van der Waals surface area contributed by atoms with Crippen molar-refractivity contribution in [3.05, 3.63) is 172 Å². The Morgan fingerprint density at radius 2 is 1.21 bits per heavy atom. The van der Waals surface area contributed by atoms with Gasteiger partial charge in [0.25, 0.3) is 11.8 Å². The van der Waals surface area contributed by atoms with Crippen molar-refractivity contribution >= 4 is 148 Å². The molecule has 0 unspecified atom stereocenters. The molecule has 0 saturated carbocycles. The van der Waals surface area contributed by atoms with Gasteiger partial charge in [-0.15, -0.1) is 34.5 Å². The molecule has 692 valence electrons. The van der Waals surface area contributed by atoms with E-state index in [1.54, 1.807) is 58.6 Å². The second-order valence-electron chi connectivity index (χ2n) is 36.1. The van der Waals surface area contributed by atoms with Crippen molar-refractivity contribution in [2.45, 2.75) is 201 Å². The number of rotatable bonds is 33. The third-order valence-corrected chi connectivity index (χ3v) is 27.6. The topological polar surface area (TPSA) is 304 Å². The zero-order chi connectivity index (χ0) is 93.3. The number of aromatic nitrogens is 3. The summed E-state index contributed by atoms with van der Waals surface area (Å²) in [6.07, 6.45) is 4.18. The number of likely N-dealkylation sites (N-methyl/N-ethyl adjacent to an activating group) is 2. The first-order valence-electron chi connectivity index (χ1n) is 45.1. The lowest BCUT2D eigenvalue weighted by Gasteiger charge is -2.41. The number of nitrogens with two attached hydrogens (primary N) is 1. The Morgan fingerprint density at radius 3 is 1.71 bits per heavy atom. The minimum Gasteiger partial charge on any atom is -0.493 e. The summed E-state index contributed by atoms with van der Waals surface area (Å²) < 4.78 is 28.7. The quantitative estimate of drug-likeness (QED) is 0.0188. The van der Waals surface area contributed by atoms with Gasteiger partial charge in [-0.1, -0.05) is 134 Å². The van der Waals surface area contributed by atoms with Gasteiger partial charge in [0.2, 0.25) is 29.4 Å². The van der Waals surface area contributed by atoms with Crippen LogP contribution in [-0.4, -0.2) is 213 Å². The summed E-state index contributed by atoms with van der Waals surface area (Å²) >= 11 is 14.4. The van der Waals surface area contributed by atoms with E-state index in [-0.39, 0.29) is 102 Å². The van der Waals surface area contributed by atoms with Gasteiger partial charge in [0, 0.05) is 145 Å². The number of anilines is 5. The Labute approximate surface area is 772 Å². The van der Waals surface area contributed by atoms with Crippen LogP contribution in [0, 0.1) is 23.7 Å². The van der Waals surface area contributed by atoms with Crippen LogP contribution in [0.3, 0.4) is 0 Å². The Balaban J connectivity index is 0.000000182. The average Bonchev–Trinajstić information content (AvgIpc) is 1.59. The number of nitrogens with zero attached hydrogens (tertiary/aromatic N) is 7. The highest BCUT2D eigenvalue weighted by Crippen LogP contribution is 2.50. The van der Waals surface area contributed by atoms with Gasteiger partial charge in [0.1, 0.15) is 22.4 Å². The smallest absolute Gasteiger partial charge is 0.319 e. The molecule has 7 heterocycles. The van der Waals surface area contributed by atoms with Gasteiger partial charge in [-0.25, -0.2) is 9.78 Å². The highest BCUT2D eigenvalue weighted by Gasteiger charge is 2.46. The predicted octanol–water partition coefficient (Wildman–Crippen LogP) is 17.7. The van der Waals surface area contributed by atoms with E-state index in [1.807, 2.05) is 152 Å². The zero-order valence-corrected chi connectivity index (χ0v) is 80.5. The molecule has 3 aromatic heterocycles. The SMILES string of the molecule is CC(C)Nc1cc2c(c3ccccc13)[C@H](CCl)CN2C(=O)c1cc2c3c(ccc2[nH]1)N(C(N)=O)CC3.CC[C@H](C)[C@@H]([C@@H](CC(=O)N1CCC[C@H]1[C@H](OC)[C@@H](C)C(=O)N[C@@H](Cc1ccccc1)c1nccs1)OC)N(C)C(=O)[C@@H](NC(=O)[C@H](C(C)C)N(C)C(C)C)C(C)C.COc1cc2cc(C(=O)N3C[C@@H](CCl)c4c3cc(NC(C)C)c3ccccc43)[nH]c2c(OC)c1OC. The number of hydrogen-bond donors (Lipinski definition) is 7. The number of methoxy groups -OCH3 is 5. The minimum atomic E-state index is -0.759. The number of amides is 8. The molecule has 8 N–H and O–H groups in total. The van der Waals surface area contributed by atoms with Gasteiger partial charge in [0.15, 0.2) is 11.5 Å². The van der Waals surface area contributed by atoms with Gasteiger partial charge in [-0.2, -0.15) is 0 Å². The number of ether oxygens (including phenoxy) is 5. The molecular formula is C100H130Cl2N14O12S. The van der Waals surface area contributed by atoms with Crippen LogP contribution in [0.2, 0.25) is 0 Å². The molecule has 26 nitrogen and oxygen atoms in total. The standard InChI is InChI=1S/C44H72N6O6S.C28H28ClN5O2.C28H30ClN3O4/c1-14-30(8)39(49(11)44(54)37(27(2)3)47-42(53)38(28(4)5)48(10)29(6)7)35(55-12)26-36(51)50-23-18-21-34(50)40(56-13)31(9)41(52)46-33(43-45-22-24-57-43)25-32-19-16-15-17-20-32;1-15(2)31-22-12-25-26(19-6-4-3-5-17(19)22)16(13-29)14-34(25)27(35)23-11-20-18-9-10-33(28(30)36)24(18)8-7-21(20)32-23;1-15(2)30-20-12-22-24(19-9-7-6-8-18(19)20)17(13-29)14-32(22)28(33)21-10-16-11-23(34-3)26(35-4)27(36-5)25(16)31-21/h15-17,19-20,22,24,27-31,33-35,37-40H,14,18,21,23,25-26H2,1-13H3,(H,46,52)(H,47,53);3-8,11-12,15-16,31-32H,9-10,13-14H2,1-2H3,(H2,30,36);6-12,15,17,30-31H,13-14H2,1-5H3/t30-,31+,33-,34-,35+,37-,38-,39-,40+;16-;17-/m011/s1. The Hall–Kier alpha value is -10.7. The first-order chi connectivity index (χ1) is 61.8. The number of alkyl halides is 2. The lowest BCUT2D eigenvalue weighted by Crippen LogP contribution is -2.60. The minimum absolute atomic E-state index is 0.0119. The second kappa shape index (κ2) is 42.9. The molecule has 8 amide bonds. The molecule has 0 aliphatic carbocycles. The number of carbonyl (C=O) groups is 7. The molecule has 14 rings (SSSR count). The molecule has 4 aliphatic rings. The maximum atomic E-state index is 14.4. The number of urea groups is 1. The number of fused-ring (bicyclic) bond motifs is 10. The van der Waals surface area contributed by atoms with Crippen LogP contribution in [0.25, 0.3) is 43.4 Å². The lowest BCUT2D eigenvalue weighted by atomic mass is 9.89. The van der Waals surface area contributed by atoms with Crippen molar-refractivity contribution in [3.8, 4) is 17.2 Å². The average molecular weight is 1820 g/mol. The molecule has 0 radical (unpaired) electrons. The summed E-state index contributed by atoms with van der Waals surface area (Å²) in [5.74, 6) is 0.833. The second-order valence-corrected chi connectivity index (χ2v) is 37.6. The monoisotopic (exact) mass is 1820 g/mol. The largest absolute Gasteiger partial charge is 0.493 e. The van der Waals surface area contributed by atoms with Crippen LogP contribution < -0.4 is 55.9 Å². The van der Waals surface area contributed by atoms with E-state index in [4.69, 9.17) is 52.6 Å². The molecule has 1 fully saturated rings. The fraction of sp³-hybridized carbons (Fsp3) is 0.480. The molecule has 0 bridgehead atoms. The van der Waals surface area contributed by atoms with Gasteiger partial charge in [0.05, 0.1) is 86.9 Å². The lowest BCUT2D eigenvalue weighted by molar-refractivity contribution is -0.148. The van der Waals surface area contributed by atoms with Crippen LogP contribution in [0.15, 0.2) is 133 Å². The van der Waals surface area contributed by atoms with Crippen molar-refractivity contribution in [2.24, 2.45) is 29.4 Å². The van der Waals surface area contributed by atoms with E-state index in [2.05, 4.69) is 128 Å². The number of halogens is 2. The molecule has 7 aromatic carbocycles. The molecule has 29 heteroatoms. The van der Waals surface area contributed by atoms with Crippen molar-refractivity contribution in [1.29, 1.82) is 0 Å². The van der Waals surface area contributed by atoms with Crippen molar-refractivity contribution in [2.75, 3.05) is 113 Å². The molecule has 129 heavy (non-hydrogen) atoms. The fourth-order valence-electron chi connectivity index (χ4n) is 19.3. The molecule has 11 atom stereocenters. The summed E-state index contributed by atoms with van der Waals surface area (Å²) in [6, 6.07) is 38.1. The Kier molecular flexibility index (Phi) is 32.4. The molecule has 1 saturated heterocycles. The molecule has 4 aliphatic heterocycles. The van der Waals surface area contributed by atoms with Crippen LogP contribution in [0.5, 0.6) is 17.2 Å². The van der Waals surface area contributed by atoms with Crippen molar-refractivity contribution < 1.29 is 57.2 Å². The van der Waals surface area contributed by atoms with E-state index >= 15 is 0 Å². The Bertz CT molecular complexity index is 5630. The van der Waals surface area contributed by atoms with Gasteiger partial charge in [-0.05, 0) is 168 Å². The normalized spacial score (nSPS) is 17.2. The number of hydrogen-bond acceptors (Lipinski definition) is 17.